The first-order valence-electron chi connectivity index (χ1n) is 5.62. The molecule has 2 unspecified atom stereocenters. The summed E-state index contributed by atoms with van der Waals surface area (Å²) in [6.07, 6.45) is 1.33. The van der Waals surface area contributed by atoms with Gasteiger partial charge < -0.3 is 10.1 Å². The van der Waals surface area contributed by atoms with Crippen molar-refractivity contribution in [3.63, 3.8) is 0 Å². The molecule has 1 aliphatic rings. The molecular weight excluding hydrogens is 238 g/mol. The fourth-order valence-electron chi connectivity index (χ4n) is 1.93. The highest BCUT2D eigenvalue weighted by Gasteiger charge is 2.23. The van der Waals surface area contributed by atoms with Gasteiger partial charge in [-0.15, -0.1) is 0 Å². The van der Waals surface area contributed by atoms with Crippen molar-refractivity contribution in [1.82, 2.24) is 4.98 Å². The van der Waals surface area contributed by atoms with Gasteiger partial charge in [-0.05, 0) is 25.5 Å². The summed E-state index contributed by atoms with van der Waals surface area (Å²) in [5, 5.41) is 12.4. The van der Waals surface area contributed by atoms with Gasteiger partial charge in [-0.2, -0.15) is 5.26 Å². The molecule has 17 heavy (non-hydrogen) atoms. The Morgan fingerprint density at radius 3 is 3.12 bits per heavy atom. The minimum absolute atomic E-state index is 0.275. The number of ether oxygens (including phenoxy) is 1. The van der Waals surface area contributed by atoms with Crippen LogP contribution in [-0.2, 0) is 4.74 Å². The minimum Gasteiger partial charge on any atom is -0.378 e. The molecule has 1 aromatic rings. The SMILES string of the molecule is CC1OCCC1CNc1cc(C#N)cc(Cl)n1. The van der Waals surface area contributed by atoms with Gasteiger partial charge in [-0.1, -0.05) is 11.6 Å². The van der Waals surface area contributed by atoms with Crippen LogP contribution in [0.1, 0.15) is 18.9 Å². The van der Waals surface area contributed by atoms with Crippen LogP contribution in [0.3, 0.4) is 0 Å². The second-order valence-corrected chi connectivity index (χ2v) is 4.57. The van der Waals surface area contributed by atoms with Gasteiger partial charge in [0.05, 0.1) is 17.7 Å². The van der Waals surface area contributed by atoms with E-state index in [1.54, 1.807) is 12.1 Å². The third-order valence-electron chi connectivity index (χ3n) is 3.00. The van der Waals surface area contributed by atoms with Gasteiger partial charge >= 0.3 is 0 Å². The van der Waals surface area contributed by atoms with E-state index in [9.17, 15) is 0 Å². The van der Waals surface area contributed by atoms with Gasteiger partial charge in [0.1, 0.15) is 11.0 Å². The Bertz CT molecular complexity index is 444. The summed E-state index contributed by atoms with van der Waals surface area (Å²) >= 11 is 5.83. The number of anilines is 1. The molecule has 0 amide bonds. The molecule has 1 aliphatic heterocycles. The molecule has 2 atom stereocenters. The molecule has 1 fully saturated rings. The van der Waals surface area contributed by atoms with Crippen LogP contribution in [0.25, 0.3) is 0 Å². The van der Waals surface area contributed by atoms with Gasteiger partial charge in [0, 0.05) is 19.1 Å². The summed E-state index contributed by atoms with van der Waals surface area (Å²) in [6, 6.07) is 5.31. The number of nitrogens with zero attached hydrogens (tertiary/aromatic N) is 2. The van der Waals surface area contributed by atoms with E-state index in [4.69, 9.17) is 21.6 Å². The van der Waals surface area contributed by atoms with Gasteiger partial charge in [0.25, 0.3) is 0 Å². The van der Waals surface area contributed by atoms with Gasteiger partial charge in [0.15, 0.2) is 0 Å². The molecule has 90 valence electrons. The third kappa shape index (κ3) is 3.09. The van der Waals surface area contributed by atoms with E-state index < -0.39 is 0 Å². The first kappa shape index (κ1) is 12.2. The van der Waals surface area contributed by atoms with Crippen molar-refractivity contribution < 1.29 is 4.74 Å². The highest BCUT2D eigenvalue weighted by Crippen LogP contribution is 2.21. The molecule has 0 aliphatic carbocycles. The van der Waals surface area contributed by atoms with Crippen LogP contribution in [0.4, 0.5) is 5.82 Å². The zero-order valence-electron chi connectivity index (χ0n) is 9.61. The Morgan fingerprint density at radius 2 is 2.47 bits per heavy atom. The lowest BCUT2D eigenvalue weighted by atomic mass is 10.0. The average molecular weight is 252 g/mol. The number of aromatic nitrogens is 1. The normalized spacial score (nSPS) is 23.4. The van der Waals surface area contributed by atoms with Gasteiger partial charge in [-0.25, -0.2) is 4.98 Å². The molecule has 0 saturated carbocycles. The van der Waals surface area contributed by atoms with Crippen molar-refractivity contribution in [2.24, 2.45) is 5.92 Å². The van der Waals surface area contributed by atoms with Crippen molar-refractivity contribution in [2.45, 2.75) is 19.4 Å². The number of nitriles is 1. The topological polar surface area (TPSA) is 57.9 Å². The van der Waals surface area contributed by atoms with Crippen LogP contribution < -0.4 is 5.32 Å². The second-order valence-electron chi connectivity index (χ2n) is 4.18. The monoisotopic (exact) mass is 251 g/mol. The molecule has 2 heterocycles. The van der Waals surface area contributed by atoms with Crippen LogP contribution in [0.15, 0.2) is 12.1 Å². The summed E-state index contributed by atoms with van der Waals surface area (Å²) in [5.41, 5.74) is 0.517. The summed E-state index contributed by atoms with van der Waals surface area (Å²) in [5.74, 6) is 1.13. The number of hydrogen-bond donors (Lipinski definition) is 1. The molecule has 0 radical (unpaired) electrons. The zero-order chi connectivity index (χ0) is 12.3. The number of rotatable bonds is 3. The first-order chi connectivity index (χ1) is 8.19. The highest BCUT2D eigenvalue weighted by molar-refractivity contribution is 6.29. The predicted molar refractivity (Wildman–Crippen MR) is 66.0 cm³/mol. The zero-order valence-corrected chi connectivity index (χ0v) is 10.4. The third-order valence-corrected chi connectivity index (χ3v) is 3.20. The Kier molecular flexibility index (Phi) is 3.82. The van der Waals surface area contributed by atoms with E-state index in [0.29, 0.717) is 22.5 Å². The summed E-state index contributed by atoms with van der Waals surface area (Å²) in [4.78, 5) is 4.13. The van der Waals surface area contributed by atoms with E-state index in [2.05, 4.69) is 23.3 Å². The predicted octanol–water partition coefficient (Wildman–Crippen LogP) is 2.44. The lowest BCUT2D eigenvalue weighted by Gasteiger charge is -2.15. The highest BCUT2D eigenvalue weighted by atomic mass is 35.5. The smallest absolute Gasteiger partial charge is 0.132 e. The summed E-state index contributed by atoms with van der Waals surface area (Å²) in [6.45, 7) is 3.69. The molecule has 1 aromatic heterocycles. The van der Waals surface area contributed by atoms with Crippen LogP contribution >= 0.6 is 11.6 Å². The molecule has 0 aromatic carbocycles. The fourth-order valence-corrected chi connectivity index (χ4v) is 2.14. The van der Waals surface area contributed by atoms with Crippen molar-refractivity contribution in [1.29, 1.82) is 5.26 Å². The van der Waals surface area contributed by atoms with Crippen molar-refractivity contribution >= 4 is 17.4 Å². The minimum atomic E-state index is 0.275. The van der Waals surface area contributed by atoms with E-state index in [1.807, 2.05) is 0 Å². The van der Waals surface area contributed by atoms with Crippen LogP contribution in [0.5, 0.6) is 0 Å². The van der Waals surface area contributed by atoms with Crippen molar-refractivity contribution in [2.75, 3.05) is 18.5 Å². The molecule has 0 spiro atoms. The Morgan fingerprint density at radius 1 is 1.65 bits per heavy atom. The summed E-state index contributed by atoms with van der Waals surface area (Å²) in [7, 11) is 0. The lowest BCUT2D eigenvalue weighted by molar-refractivity contribution is 0.108. The Balaban J connectivity index is 1.99. The van der Waals surface area contributed by atoms with Crippen molar-refractivity contribution in [3.8, 4) is 6.07 Å². The number of hydrogen-bond acceptors (Lipinski definition) is 4. The first-order valence-corrected chi connectivity index (χ1v) is 6.00. The standard InChI is InChI=1S/C12H14ClN3O/c1-8-10(2-3-17-8)7-15-12-5-9(6-14)4-11(13)16-12/h4-5,8,10H,2-3,7H2,1H3,(H,15,16). The summed E-state index contributed by atoms with van der Waals surface area (Å²) < 4.78 is 5.48. The molecule has 1 saturated heterocycles. The average Bonchev–Trinajstić information content (AvgIpc) is 2.71. The van der Waals surface area contributed by atoms with Crippen LogP contribution in [0, 0.1) is 17.2 Å². The van der Waals surface area contributed by atoms with Gasteiger partial charge in [-0.3, -0.25) is 0 Å². The Labute approximate surface area is 106 Å². The van der Waals surface area contributed by atoms with Gasteiger partial charge in [0.2, 0.25) is 0 Å². The molecule has 0 bridgehead atoms. The number of nitrogens with one attached hydrogen (secondary N) is 1. The van der Waals surface area contributed by atoms with Crippen molar-refractivity contribution in [3.05, 3.63) is 22.8 Å². The lowest BCUT2D eigenvalue weighted by Crippen LogP contribution is -2.21. The maximum absolute atomic E-state index is 8.82. The van der Waals surface area contributed by atoms with E-state index in [0.717, 1.165) is 19.6 Å². The van der Waals surface area contributed by atoms with Crippen LogP contribution in [-0.4, -0.2) is 24.2 Å². The molecule has 1 N–H and O–H groups in total. The Hall–Kier alpha value is -1.31. The largest absolute Gasteiger partial charge is 0.378 e. The van der Waals surface area contributed by atoms with E-state index >= 15 is 0 Å². The second kappa shape index (κ2) is 5.35. The maximum atomic E-state index is 8.82. The fraction of sp³-hybridized carbons (Fsp3) is 0.500. The molecule has 4 nitrogen and oxygen atoms in total. The maximum Gasteiger partial charge on any atom is 0.132 e. The molecular formula is C12H14ClN3O. The van der Waals surface area contributed by atoms with E-state index in [-0.39, 0.29) is 6.10 Å². The number of pyridine rings is 1. The molecule has 5 heteroatoms. The molecule has 2 rings (SSSR count). The number of halogens is 1. The quantitative estimate of drug-likeness (QED) is 0.839. The van der Waals surface area contributed by atoms with Crippen LogP contribution in [0.2, 0.25) is 5.15 Å². The van der Waals surface area contributed by atoms with E-state index in [1.165, 1.54) is 0 Å².